The summed E-state index contributed by atoms with van der Waals surface area (Å²) in [6.07, 6.45) is 3.47. The number of nitrogens with zero attached hydrogens (tertiary/aromatic N) is 3. The van der Waals surface area contributed by atoms with Crippen LogP contribution in [0, 0.1) is 5.82 Å². The lowest BCUT2D eigenvalue weighted by molar-refractivity contribution is 0.0964. The highest BCUT2D eigenvalue weighted by molar-refractivity contribution is 5.69. The van der Waals surface area contributed by atoms with Crippen LogP contribution in [0.1, 0.15) is 36.9 Å². The molecule has 2 aromatic heterocycles. The molecule has 7 heteroatoms. The molecule has 0 atom stereocenters. The Balaban J connectivity index is 1.28. The van der Waals surface area contributed by atoms with Crippen molar-refractivity contribution in [1.82, 2.24) is 20.5 Å². The van der Waals surface area contributed by atoms with E-state index in [1.165, 1.54) is 18.9 Å². The number of benzene rings is 1. The highest BCUT2D eigenvalue weighted by Gasteiger charge is 2.48. The first-order chi connectivity index (χ1) is 15.5. The quantitative estimate of drug-likeness (QED) is 0.530. The minimum absolute atomic E-state index is 0.241. The third-order valence-corrected chi connectivity index (χ3v) is 6.22. The number of hydrogen-bond acceptors (Lipinski definition) is 5. The lowest BCUT2D eigenvalue weighted by Crippen LogP contribution is -2.49. The maximum absolute atomic E-state index is 14.3. The number of anilines is 1. The van der Waals surface area contributed by atoms with Crippen molar-refractivity contribution in [2.45, 2.75) is 43.3 Å². The van der Waals surface area contributed by atoms with E-state index in [0.717, 1.165) is 22.5 Å². The Morgan fingerprint density at radius 2 is 1.94 bits per heavy atom. The van der Waals surface area contributed by atoms with Crippen molar-refractivity contribution in [3.05, 3.63) is 78.4 Å². The zero-order valence-corrected chi connectivity index (χ0v) is 17.7. The predicted octanol–water partition coefficient (Wildman–Crippen LogP) is 4.88. The summed E-state index contributed by atoms with van der Waals surface area (Å²) in [6.45, 7) is 4.48. The Kier molecular flexibility index (Phi) is 5.33. The SMILES string of the molecule is C=C(NC1CC1)c1cccc(-c2ccc(NCC3(c4ncccc4F)CC(F)C3)nn2)c1. The van der Waals surface area contributed by atoms with Crippen LogP contribution in [0.3, 0.4) is 0 Å². The molecular formula is C25H25F2N5. The van der Waals surface area contributed by atoms with Crippen LogP contribution < -0.4 is 10.6 Å². The van der Waals surface area contributed by atoms with E-state index in [4.69, 9.17) is 0 Å². The van der Waals surface area contributed by atoms with E-state index in [1.807, 2.05) is 36.4 Å². The van der Waals surface area contributed by atoms with Crippen LogP contribution in [0.4, 0.5) is 14.6 Å². The Labute approximate surface area is 186 Å². The number of aromatic nitrogens is 3. The summed E-state index contributed by atoms with van der Waals surface area (Å²) >= 11 is 0. The van der Waals surface area contributed by atoms with Crippen LogP contribution in [0.15, 0.2) is 61.3 Å². The number of pyridine rings is 1. The van der Waals surface area contributed by atoms with E-state index in [9.17, 15) is 8.78 Å². The van der Waals surface area contributed by atoms with Gasteiger partial charge in [0.25, 0.3) is 0 Å². The second kappa shape index (κ2) is 8.30. The molecule has 2 fully saturated rings. The topological polar surface area (TPSA) is 62.7 Å². The summed E-state index contributed by atoms with van der Waals surface area (Å²) in [4.78, 5) is 4.19. The smallest absolute Gasteiger partial charge is 0.148 e. The first-order valence-electron chi connectivity index (χ1n) is 10.9. The first-order valence-corrected chi connectivity index (χ1v) is 10.9. The normalized spacial score (nSPS) is 22.1. The Bertz CT molecular complexity index is 1120. The summed E-state index contributed by atoms with van der Waals surface area (Å²) < 4.78 is 28.1. The van der Waals surface area contributed by atoms with E-state index in [2.05, 4.69) is 32.4 Å². The van der Waals surface area contributed by atoms with E-state index < -0.39 is 17.4 Å². The summed E-state index contributed by atoms with van der Waals surface area (Å²) in [6, 6.07) is 15.2. The number of nitrogens with one attached hydrogen (secondary N) is 2. The third-order valence-electron chi connectivity index (χ3n) is 6.22. The van der Waals surface area contributed by atoms with Gasteiger partial charge in [-0.3, -0.25) is 4.98 Å². The Hall–Kier alpha value is -3.35. The molecule has 1 aromatic carbocycles. The fourth-order valence-electron chi connectivity index (χ4n) is 4.25. The van der Waals surface area contributed by atoms with Crippen LogP contribution in [0.25, 0.3) is 17.0 Å². The van der Waals surface area contributed by atoms with Crippen LogP contribution >= 0.6 is 0 Å². The molecule has 0 bridgehead atoms. The van der Waals surface area contributed by atoms with Gasteiger partial charge in [-0.2, -0.15) is 0 Å². The highest BCUT2D eigenvalue weighted by Crippen LogP contribution is 2.45. The molecule has 3 aromatic rings. The molecule has 0 amide bonds. The molecule has 0 saturated heterocycles. The molecule has 5 nitrogen and oxygen atoms in total. The van der Waals surface area contributed by atoms with Gasteiger partial charge >= 0.3 is 0 Å². The van der Waals surface area contributed by atoms with Gasteiger partial charge in [0.15, 0.2) is 0 Å². The average molecular weight is 434 g/mol. The lowest BCUT2D eigenvalue weighted by atomic mass is 9.65. The van der Waals surface area contributed by atoms with Gasteiger partial charge in [-0.25, -0.2) is 8.78 Å². The Morgan fingerprint density at radius 3 is 2.62 bits per heavy atom. The fourth-order valence-corrected chi connectivity index (χ4v) is 4.25. The van der Waals surface area contributed by atoms with Gasteiger partial charge in [0.05, 0.1) is 11.4 Å². The molecule has 0 unspecified atom stereocenters. The van der Waals surface area contributed by atoms with Crippen molar-refractivity contribution in [1.29, 1.82) is 0 Å². The van der Waals surface area contributed by atoms with Gasteiger partial charge in [-0.1, -0.05) is 24.8 Å². The van der Waals surface area contributed by atoms with Crippen molar-refractivity contribution >= 4 is 11.5 Å². The molecule has 164 valence electrons. The summed E-state index contributed by atoms with van der Waals surface area (Å²) in [7, 11) is 0. The van der Waals surface area contributed by atoms with Gasteiger partial charge in [0.1, 0.15) is 17.8 Å². The van der Waals surface area contributed by atoms with Crippen molar-refractivity contribution < 1.29 is 8.78 Å². The van der Waals surface area contributed by atoms with Gasteiger partial charge in [0.2, 0.25) is 0 Å². The van der Waals surface area contributed by atoms with Crippen LogP contribution in [-0.4, -0.2) is 33.9 Å². The number of hydrogen-bond donors (Lipinski definition) is 2. The van der Waals surface area contributed by atoms with Crippen LogP contribution in [0.2, 0.25) is 0 Å². The zero-order chi connectivity index (χ0) is 22.1. The van der Waals surface area contributed by atoms with Gasteiger partial charge in [0, 0.05) is 35.5 Å². The highest BCUT2D eigenvalue weighted by atomic mass is 19.1. The van der Waals surface area contributed by atoms with E-state index in [1.54, 1.807) is 12.3 Å². The molecule has 2 N–H and O–H groups in total. The molecule has 32 heavy (non-hydrogen) atoms. The summed E-state index contributed by atoms with van der Waals surface area (Å²) in [5.41, 5.74) is 3.28. The number of halogens is 2. The molecule has 0 radical (unpaired) electrons. The van der Waals surface area contributed by atoms with E-state index in [0.29, 0.717) is 24.1 Å². The van der Waals surface area contributed by atoms with Gasteiger partial charge < -0.3 is 10.6 Å². The summed E-state index contributed by atoms with van der Waals surface area (Å²) in [5, 5.41) is 15.2. The van der Waals surface area contributed by atoms with Gasteiger partial charge in [-0.05, 0) is 61.6 Å². The molecule has 0 spiro atoms. The lowest BCUT2D eigenvalue weighted by Gasteiger charge is -2.44. The minimum Gasteiger partial charge on any atom is -0.382 e. The Morgan fingerprint density at radius 1 is 1.09 bits per heavy atom. The van der Waals surface area contributed by atoms with Crippen LogP contribution in [-0.2, 0) is 5.41 Å². The van der Waals surface area contributed by atoms with Crippen molar-refractivity contribution in [3.63, 3.8) is 0 Å². The summed E-state index contributed by atoms with van der Waals surface area (Å²) in [5.74, 6) is 0.156. The standard InChI is InChI=1S/C25H25F2N5/c1-16(30-20-7-8-20)17-4-2-5-18(12-17)22-9-10-23(32-31-22)29-15-25(13-19(26)14-25)24-21(27)6-3-11-28-24/h2-6,9-12,19-20,30H,1,7-8,13-15H2,(H,29,32). The van der Waals surface area contributed by atoms with Crippen LogP contribution in [0.5, 0.6) is 0 Å². The molecule has 2 saturated carbocycles. The maximum atomic E-state index is 14.3. The average Bonchev–Trinajstić information content (AvgIpc) is 3.61. The second-order valence-corrected chi connectivity index (χ2v) is 8.76. The number of alkyl halides is 1. The molecule has 5 rings (SSSR count). The first kappa shape index (κ1) is 20.5. The largest absolute Gasteiger partial charge is 0.382 e. The van der Waals surface area contributed by atoms with Crippen molar-refractivity contribution in [3.8, 4) is 11.3 Å². The molecule has 2 aliphatic rings. The van der Waals surface area contributed by atoms with Crippen molar-refractivity contribution in [2.75, 3.05) is 11.9 Å². The predicted molar refractivity (Wildman–Crippen MR) is 121 cm³/mol. The molecule has 0 aliphatic heterocycles. The fraction of sp³-hybridized carbons (Fsp3) is 0.320. The zero-order valence-electron chi connectivity index (χ0n) is 17.7. The number of rotatable bonds is 8. The molecule has 2 heterocycles. The minimum atomic E-state index is -0.942. The maximum Gasteiger partial charge on any atom is 0.148 e. The second-order valence-electron chi connectivity index (χ2n) is 8.76. The molecular weight excluding hydrogens is 408 g/mol. The van der Waals surface area contributed by atoms with Gasteiger partial charge in [-0.15, -0.1) is 10.2 Å². The van der Waals surface area contributed by atoms with Crippen molar-refractivity contribution in [2.24, 2.45) is 0 Å². The monoisotopic (exact) mass is 433 g/mol. The third kappa shape index (κ3) is 4.20. The molecule has 2 aliphatic carbocycles. The van der Waals surface area contributed by atoms with E-state index in [-0.39, 0.29) is 12.8 Å². The van der Waals surface area contributed by atoms with E-state index >= 15 is 0 Å².